The van der Waals surface area contributed by atoms with Gasteiger partial charge in [-0.1, -0.05) is 30.3 Å². The molecule has 1 N–H and O–H groups in total. The van der Waals surface area contributed by atoms with Crippen molar-refractivity contribution in [2.75, 3.05) is 16.8 Å². The molecule has 0 atom stereocenters. The number of pyridine rings is 1. The Bertz CT molecular complexity index is 1010. The van der Waals surface area contributed by atoms with E-state index in [9.17, 15) is 9.59 Å². The Labute approximate surface area is 165 Å². The Morgan fingerprint density at radius 1 is 1.00 bits per heavy atom. The third kappa shape index (κ3) is 4.26. The van der Waals surface area contributed by atoms with E-state index in [1.807, 2.05) is 69.3 Å². The highest BCUT2D eigenvalue weighted by molar-refractivity contribution is 6.08. The van der Waals surface area contributed by atoms with Crippen molar-refractivity contribution >= 4 is 23.2 Å². The van der Waals surface area contributed by atoms with Gasteiger partial charge in [-0.25, -0.2) is 0 Å². The van der Waals surface area contributed by atoms with Gasteiger partial charge in [-0.2, -0.15) is 0 Å². The highest BCUT2D eigenvalue weighted by Crippen LogP contribution is 2.19. The van der Waals surface area contributed by atoms with E-state index in [-0.39, 0.29) is 17.5 Å². The second kappa shape index (κ2) is 8.48. The number of aromatic nitrogens is 1. The molecule has 3 rings (SSSR count). The highest BCUT2D eigenvalue weighted by atomic mass is 16.2. The first-order chi connectivity index (χ1) is 13.5. The molecule has 0 aliphatic rings. The number of para-hydroxylation sites is 1. The number of nitrogens with zero attached hydrogens (tertiary/aromatic N) is 2. The Morgan fingerprint density at radius 3 is 2.50 bits per heavy atom. The molecule has 0 saturated heterocycles. The number of amides is 2. The zero-order chi connectivity index (χ0) is 20.1. The predicted molar refractivity (Wildman–Crippen MR) is 112 cm³/mol. The van der Waals surface area contributed by atoms with Crippen molar-refractivity contribution in [3.05, 3.63) is 89.2 Å². The normalized spacial score (nSPS) is 10.4. The number of benzene rings is 2. The maximum absolute atomic E-state index is 13.0. The largest absolute Gasteiger partial charge is 0.322 e. The molecular formula is C23H23N3O2. The zero-order valence-electron chi connectivity index (χ0n) is 16.3. The molecule has 2 amide bonds. The molecule has 28 heavy (non-hydrogen) atoms. The van der Waals surface area contributed by atoms with Crippen LogP contribution in [-0.2, 0) is 0 Å². The van der Waals surface area contributed by atoms with Crippen LogP contribution in [0.4, 0.5) is 11.4 Å². The van der Waals surface area contributed by atoms with Gasteiger partial charge in [0, 0.05) is 29.7 Å². The van der Waals surface area contributed by atoms with Crippen LogP contribution in [0.25, 0.3) is 0 Å². The van der Waals surface area contributed by atoms with Crippen LogP contribution >= 0.6 is 0 Å². The minimum absolute atomic E-state index is 0.237. The smallest absolute Gasteiger partial charge is 0.276 e. The van der Waals surface area contributed by atoms with Crippen LogP contribution in [0.2, 0.25) is 0 Å². The fourth-order valence-electron chi connectivity index (χ4n) is 2.97. The lowest BCUT2D eigenvalue weighted by molar-refractivity contribution is 0.0983. The van der Waals surface area contributed by atoms with Crippen LogP contribution in [0.15, 0.2) is 66.9 Å². The monoisotopic (exact) mass is 373 g/mol. The third-order valence-electron chi connectivity index (χ3n) is 4.51. The molecule has 0 bridgehead atoms. The van der Waals surface area contributed by atoms with Crippen LogP contribution in [0.3, 0.4) is 0 Å². The topological polar surface area (TPSA) is 62.3 Å². The quantitative estimate of drug-likeness (QED) is 0.710. The van der Waals surface area contributed by atoms with Gasteiger partial charge in [0.2, 0.25) is 0 Å². The first kappa shape index (κ1) is 19.3. The van der Waals surface area contributed by atoms with Gasteiger partial charge in [-0.05, 0) is 62.2 Å². The van der Waals surface area contributed by atoms with Gasteiger partial charge in [0.1, 0.15) is 5.69 Å². The number of rotatable bonds is 5. The standard InChI is InChI=1S/C23H23N3O2/c1-4-26(19-10-7-8-16(2)14-19)23(28)21-15-18(12-13-24-21)22(27)25-20-11-6-5-9-17(20)3/h5-15H,4H2,1-3H3,(H,25,27). The van der Waals surface area contributed by atoms with Gasteiger partial charge >= 0.3 is 0 Å². The molecule has 0 radical (unpaired) electrons. The van der Waals surface area contributed by atoms with E-state index in [4.69, 9.17) is 0 Å². The molecule has 1 heterocycles. The summed E-state index contributed by atoms with van der Waals surface area (Å²) in [4.78, 5) is 31.5. The third-order valence-corrected chi connectivity index (χ3v) is 4.51. The minimum Gasteiger partial charge on any atom is -0.322 e. The molecule has 5 nitrogen and oxygen atoms in total. The van der Waals surface area contributed by atoms with Crippen LogP contribution in [-0.4, -0.2) is 23.3 Å². The van der Waals surface area contributed by atoms with Gasteiger partial charge in [0.25, 0.3) is 11.8 Å². The minimum atomic E-state index is -0.274. The first-order valence-electron chi connectivity index (χ1n) is 9.21. The van der Waals surface area contributed by atoms with Crippen molar-refractivity contribution in [3.8, 4) is 0 Å². The summed E-state index contributed by atoms with van der Waals surface area (Å²) in [6, 6.07) is 18.4. The molecular weight excluding hydrogens is 350 g/mol. The van der Waals surface area contributed by atoms with Crippen LogP contribution in [0.1, 0.15) is 38.9 Å². The first-order valence-corrected chi connectivity index (χ1v) is 9.21. The Hall–Kier alpha value is -3.47. The molecule has 0 aliphatic carbocycles. The second-order valence-electron chi connectivity index (χ2n) is 6.59. The molecule has 0 fully saturated rings. The summed E-state index contributed by atoms with van der Waals surface area (Å²) in [7, 11) is 0. The number of hydrogen-bond acceptors (Lipinski definition) is 3. The van der Waals surface area contributed by atoms with Crippen molar-refractivity contribution in [2.24, 2.45) is 0 Å². The second-order valence-corrected chi connectivity index (χ2v) is 6.59. The van der Waals surface area contributed by atoms with Crippen LogP contribution in [0, 0.1) is 13.8 Å². The van der Waals surface area contributed by atoms with Crippen molar-refractivity contribution in [1.82, 2.24) is 4.98 Å². The van der Waals surface area contributed by atoms with E-state index < -0.39 is 0 Å². The van der Waals surface area contributed by atoms with Crippen LogP contribution < -0.4 is 10.2 Å². The average molecular weight is 373 g/mol. The van der Waals surface area contributed by atoms with E-state index in [0.717, 1.165) is 22.5 Å². The van der Waals surface area contributed by atoms with Gasteiger partial charge in [-0.15, -0.1) is 0 Å². The van der Waals surface area contributed by atoms with Crippen molar-refractivity contribution in [2.45, 2.75) is 20.8 Å². The number of carbonyl (C=O) groups excluding carboxylic acids is 2. The van der Waals surface area contributed by atoms with Crippen molar-refractivity contribution < 1.29 is 9.59 Å². The maximum Gasteiger partial charge on any atom is 0.276 e. The van der Waals surface area contributed by atoms with Gasteiger partial charge in [-0.3, -0.25) is 14.6 Å². The number of carbonyl (C=O) groups is 2. The van der Waals surface area contributed by atoms with Crippen molar-refractivity contribution in [3.63, 3.8) is 0 Å². The van der Waals surface area contributed by atoms with Crippen molar-refractivity contribution in [1.29, 1.82) is 0 Å². The molecule has 0 aliphatic heterocycles. The molecule has 0 spiro atoms. The SMILES string of the molecule is CCN(C(=O)c1cc(C(=O)Nc2ccccc2C)ccn1)c1cccc(C)c1. The van der Waals surface area contributed by atoms with E-state index in [0.29, 0.717) is 12.1 Å². The zero-order valence-corrected chi connectivity index (χ0v) is 16.3. The highest BCUT2D eigenvalue weighted by Gasteiger charge is 2.19. The van der Waals surface area contributed by atoms with E-state index in [2.05, 4.69) is 10.3 Å². The lowest BCUT2D eigenvalue weighted by Gasteiger charge is -2.21. The number of aryl methyl sites for hydroxylation is 2. The maximum atomic E-state index is 13.0. The van der Waals surface area contributed by atoms with E-state index >= 15 is 0 Å². The molecule has 1 aromatic heterocycles. The lowest BCUT2D eigenvalue weighted by Crippen LogP contribution is -2.31. The Morgan fingerprint density at radius 2 is 1.79 bits per heavy atom. The number of nitrogens with one attached hydrogen (secondary N) is 1. The molecule has 0 saturated carbocycles. The number of hydrogen-bond donors (Lipinski definition) is 1. The summed E-state index contributed by atoms with van der Waals surface area (Å²) in [6.45, 7) is 6.33. The fraction of sp³-hybridized carbons (Fsp3) is 0.174. The van der Waals surface area contributed by atoms with E-state index in [1.165, 1.54) is 12.3 Å². The predicted octanol–water partition coefficient (Wildman–Crippen LogP) is 4.62. The van der Waals surface area contributed by atoms with Gasteiger partial charge in [0.05, 0.1) is 0 Å². The number of anilines is 2. The molecule has 0 unspecified atom stereocenters. The Kier molecular flexibility index (Phi) is 5.84. The summed E-state index contributed by atoms with van der Waals surface area (Å²) in [5.74, 6) is -0.511. The van der Waals surface area contributed by atoms with E-state index in [1.54, 1.807) is 11.0 Å². The summed E-state index contributed by atoms with van der Waals surface area (Å²) >= 11 is 0. The summed E-state index contributed by atoms with van der Waals surface area (Å²) in [6.07, 6.45) is 1.49. The molecule has 3 aromatic rings. The summed E-state index contributed by atoms with van der Waals surface area (Å²) < 4.78 is 0. The van der Waals surface area contributed by atoms with Gasteiger partial charge < -0.3 is 10.2 Å². The van der Waals surface area contributed by atoms with Crippen LogP contribution in [0.5, 0.6) is 0 Å². The fourth-order valence-corrected chi connectivity index (χ4v) is 2.97. The summed E-state index contributed by atoms with van der Waals surface area (Å²) in [5, 5.41) is 2.88. The molecule has 142 valence electrons. The lowest BCUT2D eigenvalue weighted by atomic mass is 10.1. The summed E-state index contributed by atoms with van der Waals surface area (Å²) in [5.41, 5.74) is 4.22. The average Bonchev–Trinajstić information content (AvgIpc) is 2.70. The van der Waals surface area contributed by atoms with Gasteiger partial charge in [0.15, 0.2) is 0 Å². The molecule has 5 heteroatoms. The Balaban J connectivity index is 1.84. The molecule has 2 aromatic carbocycles.